The van der Waals surface area contributed by atoms with Crippen molar-refractivity contribution in [3.05, 3.63) is 143 Å². The van der Waals surface area contributed by atoms with E-state index in [2.05, 4.69) is 48.7 Å². The van der Waals surface area contributed by atoms with Gasteiger partial charge in [-0.05, 0) is 68.4 Å². The zero-order chi connectivity index (χ0) is 26.6. The molecule has 1 spiro atoms. The summed E-state index contributed by atoms with van der Waals surface area (Å²) < 4.78 is 12.8. The molecular weight excluding hydrogens is 484 g/mol. The first-order valence-electron chi connectivity index (χ1n) is 13.0. The number of nitrogens with one attached hydrogen (secondary N) is 2. The normalized spacial score (nSPS) is 14.1. The molecule has 0 aliphatic carbocycles. The maximum absolute atomic E-state index is 13.1. The highest BCUT2D eigenvalue weighted by molar-refractivity contribution is 5.97. The second-order valence-corrected chi connectivity index (χ2v) is 10.1. The van der Waals surface area contributed by atoms with Gasteiger partial charge < -0.3 is 20.1 Å². The number of carbonyl (C=O) groups is 1. The van der Waals surface area contributed by atoms with Gasteiger partial charge in [-0.1, -0.05) is 53.6 Å². The Morgan fingerprint density at radius 1 is 0.564 bits per heavy atom. The molecule has 0 amide bonds. The second-order valence-electron chi connectivity index (χ2n) is 10.1. The molecule has 2 N–H and O–H groups in total. The van der Waals surface area contributed by atoms with E-state index in [1.54, 1.807) is 0 Å². The summed E-state index contributed by atoms with van der Waals surface area (Å²) in [5.74, 6) is 0.932. The number of ether oxygens (including phenoxy) is 2. The van der Waals surface area contributed by atoms with Crippen LogP contribution in [-0.4, -0.2) is 5.97 Å². The van der Waals surface area contributed by atoms with Crippen LogP contribution in [0, 0.1) is 13.8 Å². The van der Waals surface area contributed by atoms with Crippen LogP contribution in [0.4, 0.5) is 22.7 Å². The highest BCUT2D eigenvalue weighted by Crippen LogP contribution is 2.56. The van der Waals surface area contributed by atoms with Gasteiger partial charge in [0.25, 0.3) is 0 Å². The van der Waals surface area contributed by atoms with Gasteiger partial charge in [0.15, 0.2) is 5.60 Å². The molecule has 2 aliphatic rings. The van der Waals surface area contributed by atoms with Crippen molar-refractivity contribution >= 4 is 28.7 Å². The van der Waals surface area contributed by atoms with Crippen LogP contribution in [-0.2, 0) is 10.3 Å². The van der Waals surface area contributed by atoms with Crippen molar-refractivity contribution in [2.75, 3.05) is 10.6 Å². The van der Waals surface area contributed by atoms with Crippen LogP contribution >= 0.6 is 0 Å². The van der Waals surface area contributed by atoms with Gasteiger partial charge in [-0.3, -0.25) is 0 Å². The molecule has 5 aromatic carbocycles. The maximum Gasteiger partial charge on any atom is 0.340 e. The lowest BCUT2D eigenvalue weighted by molar-refractivity contribution is 0.0224. The quantitative estimate of drug-likeness (QED) is 0.238. The number of benzene rings is 5. The summed E-state index contributed by atoms with van der Waals surface area (Å²) >= 11 is 0. The van der Waals surface area contributed by atoms with Gasteiger partial charge >= 0.3 is 5.97 Å². The predicted molar refractivity (Wildman–Crippen MR) is 154 cm³/mol. The number of hydrogen-bond acceptors (Lipinski definition) is 5. The molecule has 7 rings (SSSR count). The fourth-order valence-electron chi connectivity index (χ4n) is 5.44. The van der Waals surface area contributed by atoms with Gasteiger partial charge in [0.1, 0.15) is 11.5 Å². The molecule has 0 radical (unpaired) electrons. The molecule has 5 nitrogen and oxygen atoms in total. The number of carbonyl (C=O) groups excluding carboxylic acids is 1. The van der Waals surface area contributed by atoms with Crippen molar-refractivity contribution in [2.24, 2.45) is 0 Å². The molecule has 0 atom stereocenters. The largest absolute Gasteiger partial charge is 0.456 e. The molecule has 190 valence electrons. The zero-order valence-corrected chi connectivity index (χ0v) is 21.6. The summed E-state index contributed by atoms with van der Waals surface area (Å²) in [6, 6.07) is 36.0. The lowest BCUT2D eigenvalue weighted by Gasteiger charge is -2.37. The lowest BCUT2D eigenvalue weighted by Crippen LogP contribution is -2.33. The third-order valence-corrected chi connectivity index (χ3v) is 7.39. The Morgan fingerprint density at radius 3 is 1.59 bits per heavy atom. The molecule has 0 bridgehead atoms. The van der Waals surface area contributed by atoms with Gasteiger partial charge in [-0.2, -0.15) is 0 Å². The van der Waals surface area contributed by atoms with Crippen molar-refractivity contribution in [2.45, 2.75) is 19.4 Å². The summed E-state index contributed by atoms with van der Waals surface area (Å²) in [7, 11) is 0. The van der Waals surface area contributed by atoms with Gasteiger partial charge in [0, 0.05) is 51.6 Å². The van der Waals surface area contributed by atoms with Gasteiger partial charge in [-0.25, -0.2) is 4.79 Å². The molecule has 0 unspecified atom stereocenters. The van der Waals surface area contributed by atoms with Crippen molar-refractivity contribution in [3.63, 3.8) is 0 Å². The van der Waals surface area contributed by atoms with Crippen LogP contribution in [0.3, 0.4) is 0 Å². The van der Waals surface area contributed by atoms with E-state index in [9.17, 15) is 4.79 Å². The summed E-state index contributed by atoms with van der Waals surface area (Å²) in [6.45, 7) is 4.13. The smallest absolute Gasteiger partial charge is 0.340 e. The van der Waals surface area contributed by atoms with Crippen molar-refractivity contribution in [3.8, 4) is 11.5 Å². The minimum atomic E-state index is -1.10. The first-order valence-corrected chi connectivity index (χ1v) is 13.0. The zero-order valence-electron chi connectivity index (χ0n) is 21.6. The van der Waals surface area contributed by atoms with Gasteiger partial charge in [0.2, 0.25) is 0 Å². The highest BCUT2D eigenvalue weighted by atomic mass is 16.6. The number of fused-ring (bicyclic) bond motifs is 6. The molecule has 2 aliphatic heterocycles. The molecular formula is C34H26N2O3. The highest BCUT2D eigenvalue weighted by Gasteiger charge is 2.53. The van der Waals surface area contributed by atoms with Gasteiger partial charge in [-0.15, -0.1) is 0 Å². The minimum Gasteiger partial charge on any atom is -0.456 e. The summed E-state index contributed by atoms with van der Waals surface area (Å²) in [4.78, 5) is 13.1. The number of esters is 1. The van der Waals surface area contributed by atoms with Crippen molar-refractivity contribution < 1.29 is 14.3 Å². The number of aryl methyl sites for hydroxylation is 2. The Bertz CT molecular complexity index is 1640. The maximum atomic E-state index is 13.1. The molecule has 0 saturated heterocycles. The van der Waals surface area contributed by atoms with Gasteiger partial charge in [0.05, 0.1) is 5.56 Å². The van der Waals surface area contributed by atoms with Crippen LogP contribution in [0.2, 0.25) is 0 Å². The Morgan fingerprint density at radius 2 is 1.05 bits per heavy atom. The van der Waals surface area contributed by atoms with E-state index < -0.39 is 5.60 Å². The van der Waals surface area contributed by atoms with E-state index in [1.165, 1.54) is 11.1 Å². The number of hydrogen-bond donors (Lipinski definition) is 2. The first kappa shape index (κ1) is 23.1. The third kappa shape index (κ3) is 3.82. The van der Waals surface area contributed by atoms with E-state index in [1.807, 2.05) is 84.9 Å². The number of rotatable bonds is 4. The topological polar surface area (TPSA) is 59.6 Å². The Balaban J connectivity index is 1.35. The fraction of sp³-hybridized carbons (Fsp3) is 0.0882. The Labute approximate surface area is 227 Å². The second kappa shape index (κ2) is 8.77. The average molecular weight is 511 g/mol. The van der Waals surface area contributed by atoms with E-state index in [-0.39, 0.29) is 5.97 Å². The standard InChI is InChI=1S/C34H26N2O3/c1-21-7-11-23(12-8-21)35-25-15-17-29-31(19-25)38-32-20-26(36-24-13-9-22(2)10-14-24)16-18-30(32)34(29)28-6-4-3-5-27(28)33(37)39-34/h3-20,35-36H,1-2H3. The van der Waals surface area contributed by atoms with Crippen LogP contribution in [0.5, 0.6) is 11.5 Å². The van der Waals surface area contributed by atoms with E-state index in [0.29, 0.717) is 17.1 Å². The van der Waals surface area contributed by atoms with Crippen LogP contribution in [0.25, 0.3) is 0 Å². The Kier molecular flexibility index (Phi) is 5.20. The molecule has 5 heteroatoms. The van der Waals surface area contributed by atoms with Crippen LogP contribution in [0.15, 0.2) is 109 Å². The summed E-state index contributed by atoms with van der Waals surface area (Å²) in [5, 5.41) is 6.92. The van der Waals surface area contributed by atoms with E-state index in [0.717, 1.165) is 39.4 Å². The molecule has 2 heterocycles. The van der Waals surface area contributed by atoms with Crippen molar-refractivity contribution in [1.82, 2.24) is 0 Å². The van der Waals surface area contributed by atoms with Crippen LogP contribution in [0.1, 0.15) is 38.2 Å². The van der Waals surface area contributed by atoms with E-state index >= 15 is 0 Å². The molecule has 0 fully saturated rings. The SMILES string of the molecule is Cc1ccc(Nc2ccc3c(c2)Oc2cc(Nc4ccc(C)cc4)ccc2C32OC(=O)c3ccccc32)cc1. The fourth-order valence-corrected chi connectivity index (χ4v) is 5.44. The molecule has 5 aromatic rings. The molecule has 0 aromatic heterocycles. The third-order valence-electron chi connectivity index (χ3n) is 7.39. The predicted octanol–water partition coefficient (Wildman–Crippen LogP) is 8.36. The van der Waals surface area contributed by atoms with E-state index in [4.69, 9.17) is 9.47 Å². The molecule has 39 heavy (non-hydrogen) atoms. The number of anilines is 4. The summed E-state index contributed by atoms with van der Waals surface area (Å²) in [6.07, 6.45) is 0. The summed E-state index contributed by atoms with van der Waals surface area (Å²) in [5.41, 5.74) is 7.99. The lowest BCUT2D eigenvalue weighted by atomic mass is 9.77. The molecule has 0 saturated carbocycles. The monoisotopic (exact) mass is 510 g/mol. The average Bonchev–Trinajstić information content (AvgIpc) is 3.24. The Hall–Kier alpha value is -5.03. The first-order chi connectivity index (χ1) is 19.0. The van der Waals surface area contributed by atoms with Crippen LogP contribution < -0.4 is 15.4 Å². The van der Waals surface area contributed by atoms with Crippen molar-refractivity contribution in [1.29, 1.82) is 0 Å². The minimum absolute atomic E-state index is 0.340.